The molecule has 0 unspecified atom stereocenters. The van der Waals surface area contributed by atoms with E-state index in [0.29, 0.717) is 12.3 Å². The van der Waals surface area contributed by atoms with Crippen molar-refractivity contribution in [1.82, 2.24) is 4.98 Å². The van der Waals surface area contributed by atoms with E-state index in [1.165, 1.54) is 12.1 Å². The van der Waals surface area contributed by atoms with Crippen LogP contribution in [0.5, 0.6) is 0 Å². The van der Waals surface area contributed by atoms with E-state index in [9.17, 15) is 17.6 Å². The minimum absolute atomic E-state index is 0.00587. The third-order valence-corrected chi connectivity index (χ3v) is 3.23. The van der Waals surface area contributed by atoms with Gasteiger partial charge in [0.2, 0.25) is 0 Å². The van der Waals surface area contributed by atoms with Gasteiger partial charge in [0, 0.05) is 16.8 Å². The van der Waals surface area contributed by atoms with E-state index < -0.39 is 17.6 Å². The fraction of sp³-hybridized carbons (Fsp3) is 0.0833. The van der Waals surface area contributed by atoms with Crippen LogP contribution < -0.4 is 0 Å². The first-order chi connectivity index (χ1) is 9.20. The van der Waals surface area contributed by atoms with Crippen molar-refractivity contribution >= 4 is 34.8 Å². The average Bonchev–Trinajstić information content (AvgIpc) is 2.28. The Morgan fingerprint density at radius 3 is 1.95 bits per heavy atom. The molecule has 0 N–H and O–H groups in total. The SMILES string of the molecule is Fc1cc(C(F)(F)F)cnc1-c1c(Cl)cc(Cl)cc1Cl. The van der Waals surface area contributed by atoms with Crippen molar-refractivity contribution in [3.05, 3.63) is 50.8 Å². The Balaban J connectivity index is 2.61. The average molecular weight is 345 g/mol. The van der Waals surface area contributed by atoms with Crippen LogP contribution in [-0.2, 0) is 6.18 Å². The number of rotatable bonds is 1. The minimum Gasteiger partial charge on any atom is -0.252 e. The Morgan fingerprint density at radius 1 is 0.950 bits per heavy atom. The summed E-state index contributed by atoms with van der Waals surface area (Å²) < 4.78 is 51.1. The molecule has 0 aliphatic heterocycles. The zero-order valence-electron chi connectivity index (χ0n) is 9.40. The van der Waals surface area contributed by atoms with Gasteiger partial charge in [0.1, 0.15) is 11.5 Å². The highest BCUT2D eigenvalue weighted by atomic mass is 35.5. The molecule has 1 aromatic heterocycles. The fourth-order valence-corrected chi connectivity index (χ4v) is 2.54. The molecule has 0 saturated carbocycles. The molecule has 0 spiro atoms. The molecular formula is C12H4Cl3F4N. The molecule has 0 aliphatic carbocycles. The summed E-state index contributed by atoms with van der Waals surface area (Å²) in [5.41, 5.74) is -1.58. The Bertz CT molecular complexity index is 647. The van der Waals surface area contributed by atoms with Gasteiger partial charge in [-0.25, -0.2) is 4.39 Å². The van der Waals surface area contributed by atoms with Crippen LogP contribution in [0, 0.1) is 5.82 Å². The van der Waals surface area contributed by atoms with Crippen LogP contribution in [0.25, 0.3) is 11.3 Å². The van der Waals surface area contributed by atoms with Crippen molar-refractivity contribution in [3.63, 3.8) is 0 Å². The summed E-state index contributed by atoms with van der Waals surface area (Å²) in [5.74, 6) is -1.18. The van der Waals surface area contributed by atoms with Crippen molar-refractivity contribution in [3.8, 4) is 11.3 Å². The summed E-state index contributed by atoms with van der Waals surface area (Å²) >= 11 is 17.4. The second-order valence-electron chi connectivity index (χ2n) is 3.80. The van der Waals surface area contributed by atoms with E-state index in [-0.39, 0.29) is 26.3 Å². The lowest BCUT2D eigenvalue weighted by Crippen LogP contribution is -2.07. The molecule has 106 valence electrons. The molecule has 1 aromatic carbocycles. The van der Waals surface area contributed by atoms with Crippen LogP contribution in [0.4, 0.5) is 17.6 Å². The highest BCUT2D eigenvalue weighted by Crippen LogP contribution is 2.38. The highest BCUT2D eigenvalue weighted by Gasteiger charge is 2.32. The molecule has 0 fully saturated rings. The first-order valence-corrected chi connectivity index (χ1v) is 6.21. The van der Waals surface area contributed by atoms with Crippen molar-refractivity contribution in [1.29, 1.82) is 0 Å². The summed E-state index contributed by atoms with van der Waals surface area (Å²) in [7, 11) is 0. The fourth-order valence-electron chi connectivity index (χ4n) is 1.55. The third-order valence-electron chi connectivity index (χ3n) is 2.41. The van der Waals surface area contributed by atoms with Gasteiger partial charge in [-0.2, -0.15) is 13.2 Å². The summed E-state index contributed by atoms with van der Waals surface area (Å²) in [6.07, 6.45) is -4.17. The van der Waals surface area contributed by atoms with Crippen LogP contribution in [-0.4, -0.2) is 4.98 Å². The summed E-state index contributed by atoms with van der Waals surface area (Å²) in [4.78, 5) is 3.46. The van der Waals surface area contributed by atoms with Gasteiger partial charge in [0.15, 0.2) is 0 Å². The first-order valence-electron chi connectivity index (χ1n) is 5.08. The molecule has 0 amide bonds. The zero-order valence-corrected chi connectivity index (χ0v) is 11.7. The molecule has 0 aliphatic rings. The number of pyridine rings is 1. The molecule has 0 bridgehead atoms. The maximum absolute atomic E-state index is 13.8. The molecule has 8 heteroatoms. The van der Waals surface area contributed by atoms with Gasteiger partial charge in [-0.1, -0.05) is 34.8 Å². The van der Waals surface area contributed by atoms with Gasteiger partial charge in [0.05, 0.1) is 15.6 Å². The number of aromatic nitrogens is 1. The molecule has 2 rings (SSSR count). The molecule has 0 radical (unpaired) electrons. The van der Waals surface area contributed by atoms with E-state index in [0.717, 1.165) is 0 Å². The predicted molar refractivity (Wildman–Crippen MR) is 69.7 cm³/mol. The number of halogens is 7. The van der Waals surface area contributed by atoms with Crippen LogP contribution in [0.15, 0.2) is 24.4 Å². The molecule has 1 nitrogen and oxygen atoms in total. The number of benzene rings is 1. The summed E-state index contributed by atoms with van der Waals surface area (Å²) in [6, 6.07) is 2.93. The monoisotopic (exact) mass is 343 g/mol. The lowest BCUT2D eigenvalue weighted by Gasteiger charge is -2.11. The van der Waals surface area contributed by atoms with Crippen LogP contribution in [0.1, 0.15) is 5.56 Å². The normalized spacial score (nSPS) is 11.8. The minimum atomic E-state index is -4.68. The lowest BCUT2D eigenvalue weighted by molar-refractivity contribution is -0.138. The number of alkyl halides is 3. The molecule has 2 aromatic rings. The van der Waals surface area contributed by atoms with Gasteiger partial charge >= 0.3 is 6.18 Å². The summed E-state index contributed by atoms with van der Waals surface area (Å²) in [6.45, 7) is 0. The molecule has 0 saturated heterocycles. The van der Waals surface area contributed by atoms with Crippen molar-refractivity contribution in [2.24, 2.45) is 0 Å². The first kappa shape index (κ1) is 15.4. The quantitative estimate of drug-likeness (QED) is 0.590. The Morgan fingerprint density at radius 2 is 1.50 bits per heavy atom. The van der Waals surface area contributed by atoms with Crippen molar-refractivity contribution in [2.75, 3.05) is 0 Å². The Labute approximate surface area is 126 Å². The highest BCUT2D eigenvalue weighted by molar-refractivity contribution is 6.41. The van der Waals surface area contributed by atoms with Crippen molar-refractivity contribution < 1.29 is 17.6 Å². The maximum Gasteiger partial charge on any atom is 0.417 e. The van der Waals surface area contributed by atoms with E-state index in [2.05, 4.69) is 4.98 Å². The van der Waals surface area contributed by atoms with Crippen LogP contribution >= 0.6 is 34.8 Å². The Kier molecular flexibility index (Phi) is 4.14. The van der Waals surface area contributed by atoms with E-state index in [4.69, 9.17) is 34.8 Å². The van der Waals surface area contributed by atoms with Crippen LogP contribution in [0.2, 0.25) is 15.1 Å². The van der Waals surface area contributed by atoms with E-state index in [1.54, 1.807) is 0 Å². The van der Waals surface area contributed by atoms with Gasteiger partial charge in [-0.3, -0.25) is 4.98 Å². The molecular weight excluding hydrogens is 340 g/mol. The Hall–Kier alpha value is -1.04. The largest absolute Gasteiger partial charge is 0.417 e. The lowest BCUT2D eigenvalue weighted by atomic mass is 10.1. The van der Waals surface area contributed by atoms with Gasteiger partial charge in [-0.05, 0) is 18.2 Å². The number of hydrogen-bond donors (Lipinski definition) is 0. The zero-order chi connectivity index (χ0) is 15.1. The molecule has 20 heavy (non-hydrogen) atoms. The van der Waals surface area contributed by atoms with Gasteiger partial charge in [0.25, 0.3) is 0 Å². The van der Waals surface area contributed by atoms with E-state index in [1.807, 2.05) is 0 Å². The predicted octanol–water partition coefficient (Wildman–Crippen LogP) is 5.87. The van der Waals surface area contributed by atoms with Gasteiger partial charge in [-0.15, -0.1) is 0 Å². The standard InChI is InChI=1S/C12H4Cl3F4N/c13-6-2-7(14)10(8(15)3-6)11-9(16)1-5(4-20-11)12(17,18)19/h1-4H. The topological polar surface area (TPSA) is 12.9 Å². The summed E-state index contributed by atoms with van der Waals surface area (Å²) in [5, 5.41) is 0.207. The molecule has 1 heterocycles. The number of hydrogen-bond acceptors (Lipinski definition) is 1. The number of nitrogens with zero attached hydrogens (tertiary/aromatic N) is 1. The van der Waals surface area contributed by atoms with Crippen LogP contribution in [0.3, 0.4) is 0 Å². The smallest absolute Gasteiger partial charge is 0.252 e. The van der Waals surface area contributed by atoms with Gasteiger partial charge < -0.3 is 0 Å². The maximum atomic E-state index is 13.8. The van der Waals surface area contributed by atoms with E-state index >= 15 is 0 Å². The van der Waals surface area contributed by atoms with Crippen molar-refractivity contribution in [2.45, 2.75) is 6.18 Å². The second kappa shape index (κ2) is 5.39. The molecule has 0 atom stereocenters. The second-order valence-corrected chi connectivity index (χ2v) is 5.05. The third kappa shape index (κ3) is 3.00.